The van der Waals surface area contributed by atoms with Crippen LogP contribution >= 0.6 is 0 Å². The summed E-state index contributed by atoms with van der Waals surface area (Å²) >= 11 is 0. The number of rotatable bonds is 5. The number of aromatic nitrogens is 2. The SMILES string of the molecule is Cc1ccccc1C[NH+]1CC[NH+]([C@H](C)c2nnc(-c3ccccc3)o2)CC1. The van der Waals surface area contributed by atoms with Crippen LogP contribution in [0.15, 0.2) is 59.0 Å². The Bertz CT molecular complexity index is 869. The maximum atomic E-state index is 5.97. The molecule has 5 nitrogen and oxygen atoms in total. The Kier molecular flexibility index (Phi) is 5.32. The molecule has 27 heavy (non-hydrogen) atoms. The fraction of sp³-hybridized carbons (Fsp3) is 0.364. The van der Waals surface area contributed by atoms with Crippen molar-refractivity contribution in [1.82, 2.24) is 10.2 Å². The van der Waals surface area contributed by atoms with E-state index in [2.05, 4.69) is 48.3 Å². The topological polar surface area (TPSA) is 47.8 Å². The van der Waals surface area contributed by atoms with Crippen LogP contribution in [-0.4, -0.2) is 36.4 Å². The standard InChI is InChI=1S/C22H26N4O/c1-17-8-6-7-11-20(17)16-25-12-14-26(15-13-25)18(2)21-23-24-22(27-21)19-9-4-3-5-10-19/h3-11,18H,12-16H2,1-2H3/p+2/t18-/m1/s1. The monoisotopic (exact) mass is 364 g/mol. The van der Waals surface area contributed by atoms with Crippen LogP contribution in [0, 0.1) is 6.92 Å². The van der Waals surface area contributed by atoms with E-state index in [-0.39, 0.29) is 6.04 Å². The van der Waals surface area contributed by atoms with Crippen LogP contribution < -0.4 is 9.80 Å². The lowest BCUT2D eigenvalue weighted by atomic mass is 10.1. The molecule has 0 radical (unpaired) electrons. The summed E-state index contributed by atoms with van der Waals surface area (Å²) in [4.78, 5) is 3.20. The lowest BCUT2D eigenvalue weighted by molar-refractivity contribution is -1.03. The van der Waals surface area contributed by atoms with Gasteiger partial charge in [0.15, 0.2) is 6.04 Å². The smallest absolute Gasteiger partial charge is 0.274 e. The molecule has 1 fully saturated rings. The van der Waals surface area contributed by atoms with Gasteiger partial charge in [0.05, 0.1) is 0 Å². The van der Waals surface area contributed by atoms with Crippen LogP contribution in [0.25, 0.3) is 11.5 Å². The first-order valence-corrected chi connectivity index (χ1v) is 9.82. The van der Waals surface area contributed by atoms with E-state index in [0.717, 1.165) is 31.1 Å². The summed E-state index contributed by atoms with van der Waals surface area (Å²) < 4.78 is 5.97. The Morgan fingerprint density at radius 2 is 1.63 bits per heavy atom. The van der Waals surface area contributed by atoms with Crippen molar-refractivity contribution in [2.45, 2.75) is 26.4 Å². The third-order valence-corrected chi connectivity index (χ3v) is 5.75. The van der Waals surface area contributed by atoms with Gasteiger partial charge < -0.3 is 14.2 Å². The number of hydrogen-bond donors (Lipinski definition) is 2. The molecule has 0 amide bonds. The summed E-state index contributed by atoms with van der Waals surface area (Å²) in [5.74, 6) is 1.35. The Hall–Kier alpha value is -2.50. The quantitative estimate of drug-likeness (QED) is 0.713. The van der Waals surface area contributed by atoms with Gasteiger partial charge in [0, 0.05) is 11.1 Å². The van der Waals surface area contributed by atoms with Crippen LogP contribution in [0.3, 0.4) is 0 Å². The molecule has 1 aliphatic rings. The van der Waals surface area contributed by atoms with Gasteiger partial charge in [-0.15, -0.1) is 10.2 Å². The normalized spacial score (nSPS) is 21.1. The molecule has 3 aromatic rings. The highest BCUT2D eigenvalue weighted by molar-refractivity contribution is 5.51. The molecule has 5 heteroatoms. The molecule has 2 N–H and O–H groups in total. The molecule has 4 rings (SSSR count). The fourth-order valence-electron chi connectivity index (χ4n) is 3.89. The lowest BCUT2D eigenvalue weighted by Gasteiger charge is -2.32. The highest BCUT2D eigenvalue weighted by atomic mass is 16.4. The number of hydrogen-bond acceptors (Lipinski definition) is 3. The molecular weight excluding hydrogens is 336 g/mol. The molecule has 1 aliphatic heterocycles. The number of quaternary nitrogens is 2. The van der Waals surface area contributed by atoms with Gasteiger partial charge in [0.2, 0.25) is 5.89 Å². The summed E-state index contributed by atoms with van der Waals surface area (Å²) in [6, 6.07) is 18.9. The molecule has 140 valence electrons. The molecule has 1 aromatic heterocycles. The van der Waals surface area contributed by atoms with Crippen molar-refractivity contribution in [3.63, 3.8) is 0 Å². The Balaban J connectivity index is 1.36. The van der Waals surface area contributed by atoms with E-state index in [4.69, 9.17) is 4.42 Å². The predicted molar refractivity (Wildman–Crippen MR) is 104 cm³/mol. The van der Waals surface area contributed by atoms with Crippen molar-refractivity contribution in [3.05, 3.63) is 71.6 Å². The molecule has 2 aromatic carbocycles. The highest BCUT2D eigenvalue weighted by Gasteiger charge is 2.31. The zero-order chi connectivity index (χ0) is 18.6. The van der Waals surface area contributed by atoms with Crippen LogP contribution in [0.4, 0.5) is 0 Å². The van der Waals surface area contributed by atoms with E-state index in [1.54, 1.807) is 4.90 Å². The van der Waals surface area contributed by atoms with Gasteiger partial charge in [-0.2, -0.15) is 0 Å². The average molecular weight is 364 g/mol. The molecule has 1 saturated heterocycles. The minimum Gasteiger partial charge on any atom is -0.415 e. The third-order valence-electron chi connectivity index (χ3n) is 5.75. The Morgan fingerprint density at radius 3 is 2.37 bits per heavy atom. The minimum atomic E-state index is 0.231. The van der Waals surface area contributed by atoms with E-state index in [9.17, 15) is 0 Å². The summed E-state index contributed by atoms with van der Waals surface area (Å²) in [6.45, 7) is 10.1. The number of nitrogens with zero attached hydrogens (tertiary/aromatic N) is 2. The largest absolute Gasteiger partial charge is 0.415 e. The predicted octanol–water partition coefficient (Wildman–Crippen LogP) is 1.09. The second-order valence-electron chi connectivity index (χ2n) is 7.54. The fourth-order valence-corrected chi connectivity index (χ4v) is 3.89. The summed E-state index contributed by atoms with van der Waals surface area (Å²) in [5, 5.41) is 8.57. The first kappa shape index (κ1) is 17.9. The van der Waals surface area contributed by atoms with Crippen molar-refractivity contribution in [2.75, 3.05) is 26.2 Å². The van der Waals surface area contributed by atoms with Crippen molar-refractivity contribution in [2.24, 2.45) is 0 Å². The second-order valence-corrected chi connectivity index (χ2v) is 7.54. The van der Waals surface area contributed by atoms with Crippen LogP contribution in [0.1, 0.15) is 30.0 Å². The van der Waals surface area contributed by atoms with Gasteiger partial charge >= 0.3 is 0 Å². The molecule has 0 spiro atoms. The minimum absolute atomic E-state index is 0.231. The van der Waals surface area contributed by atoms with Gasteiger partial charge in [0.25, 0.3) is 5.89 Å². The number of nitrogens with one attached hydrogen (secondary N) is 2. The zero-order valence-corrected chi connectivity index (χ0v) is 16.1. The Labute approximate surface area is 160 Å². The third kappa shape index (κ3) is 4.10. The first-order valence-electron chi connectivity index (χ1n) is 9.82. The van der Waals surface area contributed by atoms with Crippen molar-refractivity contribution in [1.29, 1.82) is 0 Å². The summed E-state index contributed by atoms with van der Waals surface area (Å²) in [7, 11) is 0. The van der Waals surface area contributed by atoms with Crippen LogP contribution in [0.5, 0.6) is 0 Å². The van der Waals surface area contributed by atoms with Gasteiger partial charge in [-0.1, -0.05) is 42.5 Å². The van der Waals surface area contributed by atoms with Crippen molar-refractivity contribution >= 4 is 0 Å². The summed E-state index contributed by atoms with van der Waals surface area (Å²) in [5.41, 5.74) is 3.84. The maximum absolute atomic E-state index is 5.97. The number of benzene rings is 2. The second kappa shape index (κ2) is 8.03. The van der Waals surface area contributed by atoms with E-state index in [1.165, 1.54) is 29.1 Å². The number of piperazine rings is 1. The van der Waals surface area contributed by atoms with Crippen LogP contribution in [-0.2, 0) is 6.54 Å². The molecule has 2 heterocycles. The Morgan fingerprint density at radius 1 is 0.926 bits per heavy atom. The van der Waals surface area contributed by atoms with E-state index < -0.39 is 0 Å². The van der Waals surface area contributed by atoms with Crippen LogP contribution in [0.2, 0.25) is 0 Å². The van der Waals surface area contributed by atoms with Gasteiger partial charge in [-0.3, -0.25) is 0 Å². The number of aryl methyl sites for hydroxylation is 1. The van der Waals surface area contributed by atoms with Gasteiger partial charge in [-0.05, 0) is 31.5 Å². The van der Waals surface area contributed by atoms with Crippen molar-refractivity contribution < 1.29 is 14.2 Å². The molecule has 0 unspecified atom stereocenters. The first-order chi connectivity index (χ1) is 13.2. The molecule has 0 bridgehead atoms. The molecular formula is C22H28N4O+2. The highest BCUT2D eigenvalue weighted by Crippen LogP contribution is 2.19. The molecule has 0 saturated carbocycles. The van der Waals surface area contributed by atoms with Crippen molar-refractivity contribution in [3.8, 4) is 11.5 Å². The average Bonchev–Trinajstić information content (AvgIpc) is 3.21. The van der Waals surface area contributed by atoms with E-state index in [1.807, 2.05) is 30.3 Å². The van der Waals surface area contributed by atoms with Gasteiger partial charge in [-0.25, -0.2) is 0 Å². The zero-order valence-electron chi connectivity index (χ0n) is 16.1. The maximum Gasteiger partial charge on any atom is 0.274 e. The molecule has 0 aliphatic carbocycles. The lowest BCUT2D eigenvalue weighted by Crippen LogP contribution is -3.27. The van der Waals surface area contributed by atoms with Gasteiger partial charge in [0.1, 0.15) is 32.7 Å². The summed E-state index contributed by atoms with van der Waals surface area (Å²) in [6.07, 6.45) is 0. The van der Waals surface area contributed by atoms with E-state index in [0.29, 0.717) is 5.89 Å². The molecule has 1 atom stereocenters. The van der Waals surface area contributed by atoms with E-state index >= 15 is 0 Å².